The van der Waals surface area contributed by atoms with Crippen LogP contribution in [0.2, 0.25) is 5.02 Å². The van der Waals surface area contributed by atoms with Gasteiger partial charge in [-0.15, -0.1) is 0 Å². The topological polar surface area (TPSA) is 81.4 Å². The number of phenolic OH excluding ortho intramolecular Hbond substituents is 2. The Hall–Kier alpha value is -4.50. The number of aryl methyl sites for hydroxylation is 1. The highest BCUT2D eigenvalue weighted by atomic mass is 35.5. The third-order valence-electron chi connectivity index (χ3n) is 9.92. The van der Waals surface area contributed by atoms with E-state index < -0.39 is 0 Å². The summed E-state index contributed by atoms with van der Waals surface area (Å²) < 4.78 is 7.80. The zero-order valence-corrected chi connectivity index (χ0v) is 28.4. The second-order valence-electron chi connectivity index (χ2n) is 12.9. The van der Waals surface area contributed by atoms with Crippen molar-refractivity contribution in [2.75, 3.05) is 63.9 Å². The van der Waals surface area contributed by atoms with E-state index in [4.69, 9.17) is 16.3 Å². The number of carbonyl (C=O) groups excluding carboxylic acids is 1. The highest BCUT2D eigenvalue weighted by Crippen LogP contribution is 2.42. The lowest BCUT2D eigenvalue weighted by Crippen LogP contribution is -2.49. The minimum absolute atomic E-state index is 0.0146. The van der Waals surface area contributed by atoms with Gasteiger partial charge < -0.3 is 29.3 Å². The van der Waals surface area contributed by atoms with Gasteiger partial charge in [-0.3, -0.25) is 9.69 Å². The van der Waals surface area contributed by atoms with Gasteiger partial charge >= 0.3 is 0 Å². The number of para-hydroxylation sites is 2. The summed E-state index contributed by atoms with van der Waals surface area (Å²) >= 11 is 6.55. The molecule has 9 heteroatoms. The van der Waals surface area contributed by atoms with Crippen molar-refractivity contribution in [3.05, 3.63) is 124 Å². The van der Waals surface area contributed by atoms with E-state index in [0.717, 1.165) is 79.0 Å². The Balaban J connectivity index is 1.29. The zero-order valence-electron chi connectivity index (χ0n) is 27.7. The Bertz CT molecular complexity index is 1830. The third-order valence-corrected chi connectivity index (χ3v) is 10.2. The van der Waals surface area contributed by atoms with E-state index in [1.165, 1.54) is 0 Å². The fourth-order valence-corrected chi connectivity index (χ4v) is 7.64. The first-order valence-electron chi connectivity index (χ1n) is 17.3. The van der Waals surface area contributed by atoms with Crippen molar-refractivity contribution < 1.29 is 19.7 Å². The van der Waals surface area contributed by atoms with Crippen LogP contribution in [0.3, 0.4) is 0 Å². The third kappa shape index (κ3) is 7.13. The van der Waals surface area contributed by atoms with Gasteiger partial charge in [-0.2, -0.15) is 0 Å². The molecule has 0 atom stereocenters. The number of aromatic nitrogens is 1. The number of halogens is 1. The molecule has 8 nitrogen and oxygen atoms in total. The van der Waals surface area contributed by atoms with Gasteiger partial charge in [0.15, 0.2) is 0 Å². The molecule has 5 aromatic rings. The van der Waals surface area contributed by atoms with Crippen LogP contribution in [0.1, 0.15) is 45.9 Å². The van der Waals surface area contributed by atoms with E-state index in [1.807, 2.05) is 65.6 Å². The quantitative estimate of drug-likeness (QED) is 0.156. The number of hydrogen-bond donors (Lipinski definition) is 2. The van der Waals surface area contributed by atoms with Gasteiger partial charge in [-0.25, -0.2) is 0 Å². The summed E-state index contributed by atoms with van der Waals surface area (Å²) in [6, 6.07) is 30.7. The van der Waals surface area contributed by atoms with Crippen LogP contribution in [-0.2, 0) is 11.3 Å². The van der Waals surface area contributed by atoms with Gasteiger partial charge in [0.2, 0.25) is 0 Å². The van der Waals surface area contributed by atoms with Crippen molar-refractivity contribution in [3.8, 4) is 11.5 Å². The second kappa shape index (κ2) is 14.9. The smallest absolute Gasteiger partial charge is 0.270 e. The van der Waals surface area contributed by atoms with Crippen LogP contribution >= 0.6 is 11.6 Å². The number of fused-ring (bicyclic) bond motifs is 1. The molecule has 2 fully saturated rings. The lowest BCUT2D eigenvalue weighted by molar-refractivity contribution is 0.0370. The summed E-state index contributed by atoms with van der Waals surface area (Å²) in [7, 11) is 0. The minimum atomic E-state index is -0.316. The number of anilines is 1. The number of rotatable bonds is 10. The number of amides is 1. The lowest BCUT2D eigenvalue weighted by atomic mass is 9.83. The molecule has 0 spiro atoms. The van der Waals surface area contributed by atoms with Crippen LogP contribution in [-0.4, -0.2) is 89.5 Å². The summed E-state index contributed by atoms with van der Waals surface area (Å²) in [5, 5.41) is 22.2. The van der Waals surface area contributed by atoms with Crippen LogP contribution in [0.4, 0.5) is 5.69 Å². The van der Waals surface area contributed by atoms with Crippen LogP contribution < -0.4 is 4.90 Å². The van der Waals surface area contributed by atoms with Crippen molar-refractivity contribution in [1.82, 2.24) is 14.4 Å². The van der Waals surface area contributed by atoms with E-state index in [-0.39, 0.29) is 23.3 Å². The van der Waals surface area contributed by atoms with Crippen molar-refractivity contribution >= 4 is 34.1 Å². The molecule has 2 aliphatic rings. The van der Waals surface area contributed by atoms with Crippen molar-refractivity contribution in [3.63, 3.8) is 0 Å². The largest absolute Gasteiger partial charge is 0.508 e. The summed E-state index contributed by atoms with van der Waals surface area (Å²) in [6.45, 7) is 7.72. The average molecular weight is 679 g/mol. The monoisotopic (exact) mass is 678 g/mol. The molecule has 2 N–H and O–H groups in total. The Morgan fingerprint density at radius 1 is 0.714 bits per heavy atom. The number of phenols is 2. The molecule has 1 amide bonds. The number of nitrogens with zero attached hydrogens (tertiary/aromatic N) is 4. The summed E-state index contributed by atoms with van der Waals surface area (Å²) in [5.74, 6) is 0.0667. The predicted molar refractivity (Wildman–Crippen MR) is 195 cm³/mol. The number of morpholine rings is 1. The van der Waals surface area contributed by atoms with Crippen LogP contribution in [0.5, 0.6) is 11.5 Å². The molecular weight excluding hydrogens is 636 g/mol. The molecule has 0 aliphatic carbocycles. The van der Waals surface area contributed by atoms with Crippen LogP contribution in [0.25, 0.3) is 10.9 Å². The summed E-state index contributed by atoms with van der Waals surface area (Å²) in [5.41, 5.74) is 5.58. The maximum atomic E-state index is 15.0. The highest BCUT2D eigenvalue weighted by Gasteiger charge is 2.33. The van der Waals surface area contributed by atoms with E-state index in [1.54, 1.807) is 24.3 Å². The van der Waals surface area contributed by atoms with Gasteiger partial charge in [-0.1, -0.05) is 66.2 Å². The molecule has 254 valence electrons. The van der Waals surface area contributed by atoms with Crippen molar-refractivity contribution in [2.45, 2.75) is 25.3 Å². The normalized spacial score (nSPS) is 15.7. The maximum Gasteiger partial charge on any atom is 0.270 e. The van der Waals surface area contributed by atoms with E-state index >= 15 is 4.79 Å². The molecule has 4 aromatic carbocycles. The molecule has 3 heterocycles. The number of carbonyl (C=O) groups is 1. The number of aromatic hydroxyl groups is 2. The van der Waals surface area contributed by atoms with Crippen molar-refractivity contribution in [2.24, 2.45) is 0 Å². The Labute approximate surface area is 292 Å². The van der Waals surface area contributed by atoms with Gasteiger partial charge in [0.1, 0.15) is 17.2 Å². The number of benzene rings is 4. The number of hydrogen-bond acceptors (Lipinski definition) is 6. The van der Waals surface area contributed by atoms with Gasteiger partial charge in [0, 0.05) is 68.2 Å². The Morgan fingerprint density at radius 2 is 1.31 bits per heavy atom. The average Bonchev–Trinajstić information content (AvgIpc) is 3.46. The molecule has 49 heavy (non-hydrogen) atoms. The molecule has 0 unspecified atom stereocenters. The highest BCUT2D eigenvalue weighted by molar-refractivity contribution is 6.33. The molecule has 2 saturated heterocycles. The molecule has 0 bridgehead atoms. The van der Waals surface area contributed by atoms with Crippen LogP contribution in [0.15, 0.2) is 97.1 Å². The molecule has 1 aromatic heterocycles. The minimum Gasteiger partial charge on any atom is -0.508 e. The zero-order chi connectivity index (χ0) is 33.7. The molecule has 0 saturated carbocycles. The lowest BCUT2D eigenvalue weighted by Gasteiger charge is -2.37. The molecule has 7 rings (SSSR count). The first-order chi connectivity index (χ1) is 24.0. The predicted octanol–water partition coefficient (Wildman–Crippen LogP) is 6.96. The molecule has 0 radical (unpaired) electrons. The van der Waals surface area contributed by atoms with Gasteiger partial charge in [0.25, 0.3) is 5.91 Å². The summed E-state index contributed by atoms with van der Waals surface area (Å²) in [6.07, 6.45) is 1.95. The number of unbranched alkanes of at least 4 members (excludes halogenated alkanes) is 1. The Morgan fingerprint density at radius 3 is 1.96 bits per heavy atom. The first-order valence-corrected chi connectivity index (χ1v) is 17.6. The fraction of sp³-hybridized carbons (Fsp3) is 0.325. The second-order valence-corrected chi connectivity index (χ2v) is 13.3. The number of piperazine rings is 1. The number of ether oxygens (including phenoxy) is 1. The van der Waals surface area contributed by atoms with Crippen molar-refractivity contribution in [1.29, 1.82) is 0 Å². The first kappa shape index (κ1) is 33.0. The van der Waals surface area contributed by atoms with E-state index in [2.05, 4.69) is 26.5 Å². The molecular formula is C40H43ClN4O4. The SMILES string of the molecule is O=C(c1c(C(c2ccc(O)cc2)c2ccc(O)cc2)c2ccccc2n1CCCCN1CCOCC1)N1CCN(c2ccccc2Cl)CC1. The standard InChI is InChI=1S/C40H43ClN4O4/c41-34-8-2-4-10-36(34)43-21-23-44(24-22-43)40(48)39-38(37(29-11-15-31(46)16-12-29)30-13-17-32(47)18-14-30)33-7-1-3-9-35(33)45(39)20-6-5-19-42-25-27-49-28-26-42/h1-4,7-18,37,46-47H,5-6,19-28H2. The Kier molecular flexibility index (Phi) is 10.1. The van der Waals surface area contributed by atoms with Crippen LogP contribution in [0, 0.1) is 0 Å². The maximum absolute atomic E-state index is 15.0. The van der Waals surface area contributed by atoms with E-state index in [9.17, 15) is 10.2 Å². The van der Waals surface area contributed by atoms with Gasteiger partial charge in [-0.05, 0) is 73.0 Å². The van der Waals surface area contributed by atoms with Gasteiger partial charge in [0.05, 0.1) is 23.9 Å². The summed E-state index contributed by atoms with van der Waals surface area (Å²) in [4.78, 5) is 21.7. The van der Waals surface area contributed by atoms with E-state index in [0.29, 0.717) is 43.4 Å². The molecule has 2 aliphatic heterocycles. The fourth-order valence-electron chi connectivity index (χ4n) is 7.38.